The molecule has 0 spiro atoms. The minimum absolute atomic E-state index is 0.309. The van der Waals surface area contributed by atoms with E-state index < -0.39 is 11.9 Å². The van der Waals surface area contributed by atoms with Crippen molar-refractivity contribution in [1.29, 1.82) is 0 Å². The SMILES string of the molecule is CC(C)(C)CCCCCC(=O)OOC(=O)CCCCCC(C)(C)C. The molecular weight excluding hydrogens is 304 g/mol. The van der Waals surface area contributed by atoms with E-state index in [1.165, 1.54) is 0 Å². The van der Waals surface area contributed by atoms with E-state index in [-0.39, 0.29) is 0 Å². The second kappa shape index (κ2) is 11.5. The summed E-state index contributed by atoms with van der Waals surface area (Å²) in [6.07, 6.45) is 8.65. The van der Waals surface area contributed by atoms with Gasteiger partial charge in [0.05, 0.1) is 12.8 Å². The molecule has 0 radical (unpaired) electrons. The summed E-state index contributed by atoms with van der Waals surface area (Å²) in [4.78, 5) is 32.1. The highest BCUT2D eigenvalue weighted by Crippen LogP contribution is 2.23. The molecule has 0 amide bonds. The van der Waals surface area contributed by atoms with E-state index in [0.29, 0.717) is 23.7 Å². The fourth-order valence-corrected chi connectivity index (χ4v) is 2.38. The average molecular weight is 343 g/mol. The van der Waals surface area contributed by atoms with Gasteiger partial charge in [-0.2, -0.15) is 0 Å². The molecule has 4 nitrogen and oxygen atoms in total. The maximum absolute atomic E-state index is 11.5. The minimum atomic E-state index is -0.452. The van der Waals surface area contributed by atoms with E-state index >= 15 is 0 Å². The topological polar surface area (TPSA) is 52.6 Å². The third-order valence-electron chi connectivity index (χ3n) is 3.84. The number of rotatable bonds is 10. The first-order chi connectivity index (χ1) is 11.0. The number of carbonyl (C=O) groups excluding carboxylic acids is 2. The van der Waals surface area contributed by atoms with Gasteiger partial charge in [0.2, 0.25) is 0 Å². The predicted octanol–water partition coefficient (Wildman–Crippen LogP) is 5.98. The molecule has 0 rings (SSSR count). The molecule has 0 fully saturated rings. The Balaban J connectivity index is 3.53. The predicted molar refractivity (Wildman–Crippen MR) is 97.3 cm³/mol. The van der Waals surface area contributed by atoms with E-state index in [1.807, 2.05) is 0 Å². The van der Waals surface area contributed by atoms with Crippen LogP contribution in [0.25, 0.3) is 0 Å². The Morgan fingerprint density at radius 2 is 0.917 bits per heavy atom. The van der Waals surface area contributed by atoms with Gasteiger partial charge in [0.15, 0.2) is 0 Å². The molecule has 0 aliphatic carbocycles. The number of hydrogen-bond acceptors (Lipinski definition) is 4. The summed E-state index contributed by atoms with van der Waals surface area (Å²) in [7, 11) is 0. The zero-order valence-electron chi connectivity index (χ0n) is 16.7. The smallest absolute Gasteiger partial charge is 0.247 e. The highest BCUT2D eigenvalue weighted by Gasteiger charge is 2.12. The van der Waals surface area contributed by atoms with Crippen LogP contribution in [0.2, 0.25) is 0 Å². The van der Waals surface area contributed by atoms with E-state index in [9.17, 15) is 9.59 Å². The molecule has 0 aliphatic heterocycles. The second-order valence-corrected chi connectivity index (χ2v) is 9.15. The molecule has 0 saturated carbocycles. The molecule has 24 heavy (non-hydrogen) atoms. The van der Waals surface area contributed by atoms with E-state index in [4.69, 9.17) is 0 Å². The molecule has 0 aromatic heterocycles. The molecule has 0 aromatic rings. The normalized spacial score (nSPS) is 12.1. The van der Waals surface area contributed by atoms with Gasteiger partial charge in [-0.1, -0.05) is 67.2 Å². The first-order valence-corrected chi connectivity index (χ1v) is 9.40. The summed E-state index contributed by atoms with van der Waals surface area (Å²) in [5.74, 6) is -0.904. The zero-order chi connectivity index (χ0) is 18.6. The van der Waals surface area contributed by atoms with Gasteiger partial charge in [-0.15, -0.1) is 0 Å². The van der Waals surface area contributed by atoms with Crippen molar-refractivity contribution in [2.24, 2.45) is 10.8 Å². The molecule has 142 valence electrons. The van der Waals surface area contributed by atoms with E-state index in [1.54, 1.807) is 0 Å². The van der Waals surface area contributed by atoms with Gasteiger partial charge in [0, 0.05) is 0 Å². The average Bonchev–Trinajstić information content (AvgIpc) is 2.42. The van der Waals surface area contributed by atoms with Gasteiger partial charge in [0.25, 0.3) is 0 Å². The van der Waals surface area contributed by atoms with Crippen molar-refractivity contribution in [3.05, 3.63) is 0 Å². The van der Waals surface area contributed by atoms with Crippen molar-refractivity contribution >= 4 is 11.9 Å². The molecule has 0 aromatic carbocycles. The molecule has 0 heterocycles. The molecule has 0 unspecified atom stereocenters. The van der Waals surface area contributed by atoms with Gasteiger partial charge in [-0.3, -0.25) is 0 Å². The number of carbonyl (C=O) groups is 2. The Labute approximate surface area is 148 Å². The lowest BCUT2D eigenvalue weighted by atomic mass is 9.89. The zero-order valence-corrected chi connectivity index (χ0v) is 16.7. The Morgan fingerprint density at radius 3 is 1.21 bits per heavy atom. The van der Waals surface area contributed by atoms with Gasteiger partial charge in [-0.05, 0) is 36.5 Å². The monoisotopic (exact) mass is 342 g/mol. The Kier molecular flexibility index (Phi) is 11.0. The Hall–Kier alpha value is -1.06. The van der Waals surface area contributed by atoms with E-state index in [2.05, 4.69) is 51.3 Å². The molecule has 4 heteroatoms. The van der Waals surface area contributed by atoms with Crippen molar-refractivity contribution < 1.29 is 19.4 Å². The third-order valence-corrected chi connectivity index (χ3v) is 3.84. The lowest BCUT2D eigenvalue weighted by molar-refractivity contribution is -0.259. The van der Waals surface area contributed by atoms with Gasteiger partial charge >= 0.3 is 11.9 Å². The number of unbranched alkanes of at least 4 members (excludes halogenated alkanes) is 4. The summed E-state index contributed by atoms with van der Waals surface area (Å²) < 4.78 is 0. The van der Waals surface area contributed by atoms with Crippen molar-refractivity contribution in [1.82, 2.24) is 0 Å². The summed E-state index contributed by atoms with van der Waals surface area (Å²) >= 11 is 0. The molecule has 0 N–H and O–H groups in total. The lowest BCUT2D eigenvalue weighted by Crippen LogP contribution is -2.11. The van der Waals surface area contributed by atoms with Crippen LogP contribution in [0.5, 0.6) is 0 Å². The summed E-state index contributed by atoms with van der Waals surface area (Å²) in [5, 5.41) is 0. The number of hydrogen-bond donors (Lipinski definition) is 0. The minimum Gasteiger partial charge on any atom is -0.247 e. The Morgan fingerprint density at radius 1 is 0.583 bits per heavy atom. The van der Waals surface area contributed by atoms with Gasteiger partial charge in [0.1, 0.15) is 0 Å². The second-order valence-electron chi connectivity index (χ2n) is 9.15. The molecule has 0 bridgehead atoms. The highest BCUT2D eigenvalue weighted by molar-refractivity contribution is 5.72. The first-order valence-electron chi connectivity index (χ1n) is 9.40. The molecule has 0 saturated heterocycles. The third kappa shape index (κ3) is 17.3. The fraction of sp³-hybridized carbons (Fsp3) is 0.900. The van der Waals surface area contributed by atoms with Crippen LogP contribution in [-0.2, 0) is 19.4 Å². The maximum Gasteiger partial charge on any atom is 0.355 e. The lowest BCUT2D eigenvalue weighted by Gasteiger charge is -2.17. The standard InChI is InChI=1S/C20H38O4/c1-19(2,3)15-11-7-9-13-17(21)23-24-18(22)14-10-8-12-16-20(4,5)6/h7-16H2,1-6H3. The van der Waals surface area contributed by atoms with Crippen LogP contribution in [-0.4, -0.2) is 11.9 Å². The summed E-state index contributed by atoms with van der Waals surface area (Å²) in [6.45, 7) is 13.3. The van der Waals surface area contributed by atoms with Gasteiger partial charge in [-0.25, -0.2) is 19.4 Å². The first kappa shape index (κ1) is 22.9. The van der Waals surface area contributed by atoms with Crippen LogP contribution >= 0.6 is 0 Å². The quantitative estimate of drug-likeness (QED) is 0.278. The van der Waals surface area contributed by atoms with Crippen LogP contribution in [0.15, 0.2) is 0 Å². The van der Waals surface area contributed by atoms with Crippen LogP contribution in [0.1, 0.15) is 106 Å². The van der Waals surface area contributed by atoms with Crippen LogP contribution < -0.4 is 0 Å². The largest absolute Gasteiger partial charge is 0.355 e. The van der Waals surface area contributed by atoms with Crippen LogP contribution in [0, 0.1) is 10.8 Å². The molecular formula is C20H38O4. The molecule has 0 atom stereocenters. The van der Waals surface area contributed by atoms with E-state index in [0.717, 1.165) is 51.4 Å². The van der Waals surface area contributed by atoms with Crippen molar-refractivity contribution in [2.75, 3.05) is 0 Å². The van der Waals surface area contributed by atoms with Crippen molar-refractivity contribution in [3.63, 3.8) is 0 Å². The molecule has 0 aliphatic rings. The Bertz CT molecular complexity index is 325. The van der Waals surface area contributed by atoms with Crippen molar-refractivity contribution in [3.8, 4) is 0 Å². The fourth-order valence-electron chi connectivity index (χ4n) is 2.38. The van der Waals surface area contributed by atoms with Crippen LogP contribution in [0.3, 0.4) is 0 Å². The van der Waals surface area contributed by atoms with Gasteiger partial charge < -0.3 is 0 Å². The van der Waals surface area contributed by atoms with Crippen LogP contribution in [0.4, 0.5) is 0 Å². The summed E-state index contributed by atoms with van der Waals surface area (Å²) in [5.41, 5.74) is 0.672. The summed E-state index contributed by atoms with van der Waals surface area (Å²) in [6, 6.07) is 0. The maximum atomic E-state index is 11.5. The van der Waals surface area contributed by atoms with Crippen molar-refractivity contribution in [2.45, 2.75) is 106 Å². The highest BCUT2D eigenvalue weighted by atomic mass is 17.2.